The Morgan fingerprint density at radius 2 is 1.81 bits per heavy atom. The lowest BCUT2D eigenvalue weighted by Crippen LogP contribution is -2.02. The lowest BCUT2D eigenvalue weighted by atomic mass is 10.1. The van der Waals surface area contributed by atoms with Crippen molar-refractivity contribution in [3.8, 4) is 17.2 Å². The molecule has 7 nitrogen and oxygen atoms in total. The third kappa shape index (κ3) is 3.27. The summed E-state index contributed by atoms with van der Waals surface area (Å²) < 4.78 is 10.5. The lowest BCUT2D eigenvalue weighted by Gasteiger charge is -2.08. The molecule has 108 valence electrons. The topological polar surface area (TPSA) is 98.9 Å². The average molecular weight is 289 g/mol. The zero-order valence-corrected chi connectivity index (χ0v) is 11.0. The van der Waals surface area contributed by atoms with E-state index in [1.54, 1.807) is 24.3 Å². The number of nitro groups is 1. The van der Waals surface area contributed by atoms with Crippen LogP contribution in [-0.4, -0.2) is 23.1 Å². The van der Waals surface area contributed by atoms with E-state index in [-0.39, 0.29) is 5.75 Å². The van der Waals surface area contributed by atoms with Crippen molar-refractivity contribution in [3.05, 3.63) is 58.1 Å². The van der Waals surface area contributed by atoms with Crippen LogP contribution >= 0.6 is 0 Å². The van der Waals surface area contributed by atoms with Crippen molar-refractivity contribution in [2.45, 2.75) is 0 Å². The van der Waals surface area contributed by atoms with Gasteiger partial charge >= 0.3 is 5.97 Å². The van der Waals surface area contributed by atoms with Crippen molar-refractivity contribution >= 4 is 11.7 Å². The first-order valence-corrected chi connectivity index (χ1v) is 5.85. The first kappa shape index (κ1) is 14.3. The number of ether oxygens (including phenoxy) is 2. The third-order valence-electron chi connectivity index (χ3n) is 2.67. The van der Waals surface area contributed by atoms with E-state index in [1.165, 1.54) is 13.2 Å². The number of carbonyl (C=O) groups is 1. The maximum absolute atomic E-state index is 11.1. The summed E-state index contributed by atoms with van der Waals surface area (Å²) in [5.41, 5.74) is -0.916. The van der Waals surface area contributed by atoms with E-state index in [9.17, 15) is 14.9 Å². The number of carboxylic acid groups (broad SMARTS) is 1. The summed E-state index contributed by atoms with van der Waals surface area (Å²) in [4.78, 5) is 21.1. The van der Waals surface area contributed by atoms with Gasteiger partial charge in [-0.05, 0) is 18.2 Å². The highest BCUT2D eigenvalue weighted by atomic mass is 16.6. The fraction of sp³-hybridized carbons (Fsp3) is 0.0714. The molecule has 0 aromatic heterocycles. The molecule has 2 aromatic carbocycles. The minimum atomic E-state index is -1.39. The summed E-state index contributed by atoms with van der Waals surface area (Å²) in [6.07, 6.45) is 0. The van der Waals surface area contributed by atoms with E-state index >= 15 is 0 Å². The minimum absolute atomic E-state index is 0.186. The van der Waals surface area contributed by atoms with E-state index in [0.717, 1.165) is 12.1 Å². The van der Waals surface area contributed by atoms with Gasteiger partial charge in [-0.1, -0.05) is 6.07 Å². The van der Waals surface area contributed by atoms with Crippen molar-refractivity contribution in [2.75, 3.05) is 7.11 Å². The van der Waals surface area contributed by atoms with Crippen LogP contribution in [0, 0.1) is 10.1 Å². The zero-order valence-electron chi connectivity index (χ0n) is 11.0. The summed E-state index contributed by atoms with van der Waals surface area (Å²) in [5, 5.41) is 19.8. The van der Waals surface area contributed by atoms with Crippen LogP contribution in [0.1, 0.15) is 10.4 Å². The Labute approximate surface area is 119 Å². The number of rotatable bonds is 5. The first-order valence-electron chi connectivity index (χ1n) is 5.85. The highest BCUT2D eigenvalue weighted by Gasteiger charge is 2.20. The van der Waals surface area contributed by atoms with Gasteiger partial charge in [0.1, 0.15) is 22.8 Å². The number of nitrogens with zero attached hydrogens (tertiary/aromatic N) is 1. The maximum atomic E-state index is 11.1. The SMILES string of the molecule is COc1cccc(Oc2ccc([N+](=O)[O-])c(C(=O)O)c2)c1. The Kier molecular flexibility index (Phi) is 4.03. The molecule has 0 atom stereocenters. The number of aromatic carboxylic acids is 1. The Hall–Kier alpha value is -3.09. The minimum Gasteiger partial charge on any atom is -0.497 e. The summed E-state index contributed by atoms with van der Waals surface area (Å²) in [7, 11) is 1.51. The van der Waals surface area contributed by atoms with Gasteiger partial charge in [0.05, 0.1) is 12.0 Å². The number of methoxy groups -OCH3 is 1. The normalized spacial score (nSPS) is 9.95. The molecule has 0 heterocycles. The largest absolute Gasteiger partial charge is 0.497 e. The number of nitro benzene ring substituents is 1. The van der Waals surface area contributed by atoms with Gasteiger partial charge in [-0.25, -0.2) is 4.79 Å². The highest BCUT2D eigenvalue weighted by molar-refractivity contribution is 5.92. The van der Waals surface area contributed by atoms with Crippen molar-refractivity contribution in [1.82, 2.24) is 0 Å². The van der Waals surface area contributed by atoms with Gasteiger partial charge in [0.25, 0.3) is 5.69 Å². The molecular weight excluding hydrogens is 278 g/mol. The van der Waals surface area contributed by atoms with Crippen molar-refractivity contribution in [3.63, 3.8) is 0 Å². The predicted octanol–water partition coefficient (Wildman–Crippen LogP) is 3.09. The second kappa shape index (κ2) is 5.91. The summed E-state index contributed by atoms with van der Waals surface area (Å²) in [5.74, 6) is -0.198. The summed E-state index contributed by atoms with van der Waals surface area (Å²) in [6.45, 7) is 0. The van der Waals surface area contributed by atoms with Crippen LogP contribution in [0.2, 0.25) is 0 Å². The molecule has 2 aromatic rings. The van der Waals surface area contributed by atoms with Gasteiger partial charge in [0.2, 0.25) is 0 Å². The van der Waals surface area contributed by atoms with E-state index in [1.807, 2.05) is 0 Å². The van der Waals surface area contributed by atoms with E-state index < -0.39 is 22.1 Å². The van der Waals surface area contributed by atoms with E-state index in [4.69, 9.17) is 14.6 Å². The molecule has 0 unspecified atom stereocenters. The molecule has 0 fully saturated rings. The van der Waals surface area contributed by atoms with Crippen LogP contribution in [0.3, 0.4) is 0 Å². The van der Waals surface area contributed by atoms with Crippen LogP contribution < -0.4 is 9.47 Å². The van der Waals surface area contributed by atoms with Crippen molar-refractivity contribution in [2.24, 2.45) is 0 Å². The van der Waals surface area contributed by atoms with Crippen LogP contribution in [0.4, 0.5) is 5.69 Å². The third-order valence-corrected chi connectivity index (χ3v) is 2.67. The predicted molar refractivity (Wildman–Crippen MR) is 73.1 cm³/mol. The number of hydrogen-bond acceptors (Lipinski definition) is 5. The molecule has 0 aliphatic heterocycles. The second-order valence-corrected chi connectivity index (χ2v) is 4.02. The molecule has 7 heteroatoms. The lowest BCUT2D eigenvalue weighted by molar-refractivity contribution is -0.385. The highest BCUT2D eigenvalue weighted by Crippen LogP contribution is 2.29. The van der Waals surface area contributed by atoms with Gasteiger partial charge in [-0.2, -0.15) is 0 Å². The standard InChI is InChI=1S/C14H11NO6/c1-20-9-3-2-4-10(7-9)21-11-5-6-13(15(18)19)12(8-11)14(16)17/h2-8H,1H3,(H,16,17). The van der Waals surface area contributed by atoms with Crippen molar-refractivity contribution < 1.29 is 24.3 Å². The number of carboxylic acids is 1. The molecule has 21 heavy (non-hydrogen) atoms. The molecule has 2 rings (SSSR count). The molecule has 0 radical (unpaired) electrons. The molecule has 1 N–H and O–H groups in total. The molecule has 0 saturated carbocycles. The van der Waals surface area contributed by atoms with E-state index in [2.05, 4.69) is 0 Å². The van der Waals surface area contributed by atoms with Gasteiger partial charge in [0, 0.05) is 18.2 Å². The molecule has 0 aliphatic rings. The van der Waals surface area contributed by atoms with Gasteiger partial charge in [-0.15, -0.1) is 0 Å². The van der Waals surface area contributed by atoms with Gasteiger partial charge in [0.15, 0.2) is 0 Å². The Morgan fingerprint density at radius 3 is 2.43 bits per heavy atom. The summed E-state index contributed by atoms with van der Waals surface area (Å²) >= 11 is 0. The van der Waals surface area contributed by atoms with Crippen LogP contribution in [0.5, 0.6) is 17.2 Å². The van der Waals surface area contributed by atoms with Gasteiger partial charge in [-0.3, -0.25) is 10.1 Å². The monoisotopic (exact) mass is 289 g/mol. The fourth-order valence-electron chi connectivity index (χ4n) is 1.71. The average Bonchev–Trinajstić information content (AvgIpc) is 2.47. The summed E-state index contributed by atoms with van der Waals surface area (Å²) in [6, 6.07) is 10.2. The van der Waals surface area contributed by atoms with Gasteiger partial charge < -0.3 is 14.6 Å². The Balaban J connectivity index is 2.34. The second-order valence-electron chi connectivity index (χ2n) is 4.02. The van der Waals surface area contributed by atoms with Crippen LogP contribution in [0.15, 0.2) is 42.5 Å². The molecule has 0 amide bonds. The molecule has 0 aliphatic carbocycles. The Morgan fingerprint density at radius 1 is 1.14 bits per heavy atom. The van der Waals surface area contributed by atoms with E-state index in [0.29, 0.717) is 11.5 Å². The smallest absolute Gasteiger partial charge is 0.342 e. The molecule has 0 saturated heterocycles. The first-order chi connectivity index (χ1) is 10.0. The number of benzene rings is 2. The molecule has 0 spiro atoms. The molecule has 0 bridgehead atoms. The fourth-order valence-corrected chi connectivity index (χ4v) is 1.71. The number of hydrogen-bond donors (Lipinski definition) is 1. The quantitative estimate of drug-likeness (QED) is 0.670. The maximum Gasteiger partial charge on any atom is 0.342 e. The Bertz CT molecular complexity index is 698. The van der Waals surface area contributed by atoms with Crippen LogP contribution in [-0.2, 0) is 0 Å². The molecular formula is C14H11NO6. The van der Waals surface area contributed by atoms with Crippen molar-refractivity contribution in [1.29, 1.82) is 0 Å². The van der Waals surface area contributed by atoms with Crippen LogP contribution in [0.25, 0.3) is 0 Å². The zero-order chi connectivity index (χ0) is 15.4.